The van der Waals surface area contributed by atoms with Crippen LogP contribution in [-0.4, -0.2) is 45.5 Å². The highest BCUT2D eigenvalue weighted by Gasteiger charge is 2.37. The second-order valence-corrected chi connectivity index (χ2v) is 6.69. The Morgan fingerprint density at radius 3 is 2.91 bits per heavy atom. The molecule has 2 aromatic heterocycles. The summed E-state index contributed by atoms with van der Waals surface area (Å²) in [5, 5.41) is 3.15. The van der Waals surface area contributed by atoms with Crippen LogP contribution in [0.2, 0.25) is 0 Å². The number of aromatic amines is 1. The third-order valence-corrected chi connectivity index (χ3v) is 4.88. The highest BCUT2D eigenvalue weighted by molar-refractivity contribution is 6.05. The van der Waals surface area contributed by atoms with Gasteiger partial charge in [0, 0.05) is 29.8 Å². The third kappa shape index (κ3) is 1.96. The van der Waals surface area contributed by atoms with Crippen LogP contribution in [0.25, 0.3) is 16.7 Å². The van der Waals surface area contributed by atoms with E-state index in [4.69, 9.17) is 5.73 Å². The second-order valence-electron chi connectivity index (χ2n) is 6.69. The third-order valence-electron chi connectivity index (χ3n) is 4.88. The summed E-state index contributed by atoms with van der Waals surface area (Å²) >= 11 is 0. The lowest BCUT2D eigenvalue weighted by molar-refractivity contribution is 0.100. The van der Waals surface area contributed by atoms with Gasteiger partial charge in [0.1, 0.15) is 11.3 Å². The SMILES string of the molecule is CN1CCC(C)(c2c[nH]n3c2nc2cc(F)cc(C(N)=O)c23)C1. The quantitative estimate of drug-likeness (QED) is 0.754. The zero-order valence-electron chi connectivity index (χ0n) is 13.1. The fourth-order valence-corrected chi connectivity index (χ4v) is 3.72. The first-order valence-corrected chi connectivity index (χ1v) is 7.57. The van der Waals surface area contributed by atoms with Crippen LogP contribution in [0.1, 0.15) is 29.3 Å². The van der Waals surface area contributed by atoms with E-state index in [1.807, 2.05) is 6.20 Å². The molecular formula is C16H18FN5O. The summed E-state index contributed by atoms with van der Waals surface area (Å²) in [6.45, 7) is 4.16. The fraction of sp³-hybridized carbons (Fsp3) is 0.375. The van der Waals surface area contributed by atoms with Gasteiger partial charge in [0.05, 0.1) is 11.1 Å². The molecule has 1 aliphatic heterocycles. The molecule has 1 saturated heterocycles. The number of fused-ring (bicyclic) bond motifs is 3. The van der Waals surface area contributed by atoms with Crippen LogP contribution in [0.15, 0.2) is 18.3 Å². The van der Waals surface area contributed by atoms with Crippen molar-refractivity contribution in [2.45, 2.75) is 18.8 Å². The molecule has 1 amide bonds. The van der Waals surface area contributed by atoms with Crippen molar-refractivity contribution in [2.24, 2.45) is 5.73 Å². The van der Waals surface area contributed by atoms with Crippen molar-refractivity contribution >= 4 is 22.6 Å². The first-order valence-electron chi connectivity index (χ1n) is 7.57. The molecule has 0 aliphatic carbocycles. The monoisotopic (exact) mass is 315 g/mol. The first-order chi connectivity index (χ1) is 10.9. The van der Waals surface area contributed by atoms with Crippen molar-refractivity contribution in [1.82, 2.24) is 19.5 Å². The lowest BCUT2D eigenvalue weighted by Gasteiger charge is -2.22. The van der Waals surface area contributed by atoms with Crippen LogP contribution < -0.4 is 5.73 Å². The predicted octanol–water partition coefficient (Wildman–Crippen LogP) is 1.65. The molecule has 0 bridgehead atoms. The average molecular weight is 315 g/mol. The Morgan fingerprint density at radius 2 is 2.26 bits per heavy atom. The van der Waals surface area contributed by atoms with Crippen LogP contribution >= 0.6 is 0 Å². The van der Waals surface area contributed by atoms with Gasteiger partial charge in [-0.1, -0.05) is 6.92 Å². The number of carbonyl (C=O) groups is 1. The van der Waals surface area contributed by atoms with Gasteiger partial charge in [0.2, 0.25) is 0 Å². The highest BCUT2D eigenvalue weighted by Crippen LogP contribution is 2.36. The Labute approximate surface area is 132 Å². The standard InChI is InChI=1S/C16H18FN5O/c1-16(3-4-21(2)8-16)11-7-19-22-13-10(14(18)23)5-9(17)6-12(13)20-15(11)22/h5-7,19H,3-4,8H2,1-2H3,(H2,18,23). The number of hydrogen-bond acceptors (Lipinski definition) is 3. The Kier molecular flexibility index (Phi) is 2.81. The average Bonchev–Trinajstić information content (AvgIpc) is 3.11. The molecule has 3 N–H and O–H groups in total. The van der Waals surface area contributed by atoms with E-state index in [1.54, 1.807) is 4.52 Å². The molecule has 6 nitrogen and oxygen atoms in total. The summed E-state index contributed by atoms with van der Waals surface area (Å²) in [7, 11) is 2.09. The van der Waals surface area contributed by atoms with Crippen LogP contribution in [-0.2, 0) is 5.41 Å². The molecule has 3 aromatic rings. The van der Waals surface area contributed by atoms with Gasteiger partial charge in [0.25, 0.3) is 5.91 Å². The molecule has 1 aromatic carbocycles. The van der Waals surface area contributed by atoms with Gasteiger partial charge in [-0.3, -0.25) is 9.89 Å². The summed E-state index contributed by atoms with van der Waals surface area (Å²) in [6.07, 6.45) is 2.95. The Bertz CT molecular complexity index is 943. The van der Waals surface area contributed by atoms with E-state index >= 15 is 0 Å². The van der Waals surface area contributed by atoms with Crippen molar-refractivity contribution < 1.29 is 9.18 Å². The highest BCUT2D eigenvalue weighted by atomic mass is 19.1. The largest absolute Gasteiger partial charge is 0.366 e. The molecule has 0 spiro atoms. The van der Waals surface area contributed by atoms with Crippen LogP contribution in [0.5, 0.6) is 0 Å². The number of aromatic nitrogens is 3. The van der Waals surface area contributed by atoms with Gasteiger partial charge in [-0.05, 0) is 26.1 Å². The lowest BCUT2D eigenvalue weighted by atomic mass is 9.83. The van der Waals surface area contributed by atoms with Gasteiger partial charge >= 0.3 is 0 Å². The number of nitrogens with zero attached hydrogens (tertiary/aromatic N) is 3. The molecule has 0 radical (unpaired) electrons. The lowest BCUT2D eigenvalue weighted by Crippen LogP contribution is -2.25. The van der Waals surface area contributed by atoms with E-state index in [0.29, 0.717) is 11.0 Å². The summed E-state index contributed by atoms with van der Waals surface area (Å²) in [6, 6.07) is 2.49. The van der Waals surface area contributed by atoms with E-state index in [-0.39, 0.29) is 11.0 Å². The summed E-state index contributed by atoms with van der Waals surface area (Å²) in [5.74, 6) is -1.18. The molecular weight excluding hydrogens is 297 g/mol. The maximum Gasteiger partial charge on any atom is 0.251 e. The smallest absolute Gasteiger partial charge is 0.251 e. The number of hydrogen-bond donors (Lipinski definition) is 2. The zero-order valence-corrected chi connectivity index (χ0v) is 13.1. The predicted molar refractivity (Wildman–Crippen MR) is 85.0 cm³/mol. The van der Waals surface area contributed by atoms with Crippen LogP contribution in [0, 0.1) is 5.82 Å². The molecule has 4 rings (SSSR count). The first kappa shape index (κ1) is 14.2. The normalized spacial score (nSPS) is 22.4. The van der Waals surface area contributed by atoms with E-state index < -0.39 is 11.7 Å². The van der Waals surface area contributed by atoms with Gasteiger partial charge < -0.3 is 10.6 Å². The van der Waals surface area contributed by atoms with E-state index in [9.17, 15) is 9.18 Å². The van der Waals surface area contributed by atoms with Gasteiger partial charge in [-0.2, -0.15) is 0 Å². The number of imidazole rings is 1. The second kappa shape index (κ2) is 4.55. The minimum absolute atomic E-state index is 0.0250. The van der Waals surface area contributed by atoms with Crippen molar-refractivity contribution in [3.8, 4) is 0 Å². The van der Waals surface area contributed by atoms with E-state index in [2.05, 4.69) is 29.0 Å². The zero-order chi connectivity index (χ0) is 16.4. The molecule has 1 fully saturated rings. The summed E-state index contributed by atoms with van der Waals surface area (Å²) < 4.78 is 15.5. The number of likely N-dealkylation sites (N-methyl/N-ethyl adjacent to an activating group) is 1. The van der Waals surface area contributed by atoms with Crippen molar-refractivity contribution in [1.29, 1.82) is 0 Å². The number of H-pyrrole nitrogens is 1. The number of halogens is 1. The summed E-state index contributed by atoms with van der Waals surface area (Å²) in [4.78, 5) is 18.5. The van der Waals surface area contributed by atoms with Crippen molar-refractivity contribution in [2.75, 3.05) is 20.1 Å². The van der Waals surface area contributed by atoms with Gasteiger partial charge in [-0.25, -0.2) is 13.9 Å². The Balaban J connectivity index is 2.01. The molecule has 1 atom stereocenters. The van der Waals surface area contributed by atoms with E-state index in [0.717, 1.165) is 36.8 Å². The number of benzene rings is 1. The number of nitrogens with two attached hydrogens (primary N) is 1. The summed E-state index contributed by atoms with van der Waals surface area (Å²) in [5.41, 5.74) is 8.27. The number of rotatable bonds is 2. The number of likely N-dealkylation sites (tertiary alicyclic amines) is 1. The van der Waals surface area contributed by atoms with Gasteiger partial charge in [-0.15, -0.1) is 0 Å². The number of amides is 1. The molecule has 3 heterocycles. The minimum Gasteiger partial charge on any atom is -0.366 e. The Morgan fingerprint density at radius 1 is 1.48 bits per heavy atom. The molecule has 120 valence electrons. The maximum absolute atomic E-state index is 13.7. The van der Waals surface area contributed by atoms with Crippen LogP contribution in [0.4, 0.5) is 4.39 Å². The number of carbonyl (C=O) groups excluding carboxylic acids is 1. The van der Waals surface area contributed by atoms with Crippen LogP contribution in [0.3, 0.4) is 0 Å². The molecule has 7 heteroatoms. The molecule has 1 unspecified atom stereocenters. The number of primary amides is 1. The van der Waals surface area contributed by atoms with E-state index in [1.165, 1.54) is 6.07 Å². The number of nitrogens with one attached hydrogen (secondary N) is 1. The minimum atomic E-state index is -0.667. The maximum atomic E-state index is 13.7. The fourth-order valence-electron chi connectivity index (χ4n) is 3.72. The molecule has 0 saturated carbocycles. The van der Waals surface area contributed by atoms with Crippen molar-refractivity contribution in [3.05, 3.63) is 35.3 Å². The Hall–Kier alpha value is -2.41. The molecule has 1 aliphatic rings. The topological polar surface area (TPSA) is 79.4 Å². The van der Waals surface area contributed by atoms with Gasteiger partial charge in [0.15, 0.2) is 5.65 Å². The van der Waals surface area contributed by atoms with Crippen molar-refractivity contribution in [3.63, 3.8) is 0 Å². The molecule has 23 heavy (non-hydrogen) atoms.